The van der Waals surface area contributed by atoms with Gasteiger partial charge in [-0.2, -0.15) is 0 Å². The Kier molecular flexibility index (Phi) is 1.75. The number of aromatic amines is 1. The number of rotatable bonds is 1. The molecule has 0 saturated carbocycles. The summed E-state index contributed by atoms with van der Waals surface area (Å²) in [5, 5.41) is 0. The minimum Gasteiger partial charge on any atom is -0.238 e. The highest BCUT2D eigenvalue weighted by molar-refractivity contribution is 5.58. The topological polar surface area (TPSA) is 32.8 Å². The standard InChI is InChI=1S/C12H9N3/c1-2-5-10(6-3-1)11-9-15-8-4-7-13-12(15)14-11/h1-9H/p+1. The van der Waals surface area contributed by atoms with Crippen LogP contribution in [-0.2, 0) is 0 Å². The molecule has 0 saturated heterocycles. The first-order chi connectivity index (χ1) is 7.43. The van der Waals surface area contributed by atoms with E-state index in [1.807, 2.05) is 41.1 Å². The van der Waals surface area contributed by atoms with Crippen LogP contribution < -0.4 is 4.40 Å². The quantitative estimate of drug-likeness (QED) is 0.591. The van der Waals surface area contributed by atoms with E-state index in [9.17, 15) is 0 Å². The minimum atomic E-state index is 0.858. The van der Waals surface area contributed by atoms with Crippen LogP contribution in [0.25, 0.3) is 17.0 Å². The summed E-state index contributed by atoms with van der Waals surface area (Å²) in [6.45, 7) is 0. The lowest BCUT2D eigenvalue weighted by atomic mass is 10.2. The van der Waals surface area contributed by atoms with E-state index >= 15 is 0 Å². The SMILES string of the molecule is c1ccc(-c2c[n+]3cccnc3[nH]2)cc1. The van der Waals surface area contributed by atoms with E-state index in [1.54, 1.807) is 6.20 Å². The molecule has 0 spiro atoms. The van der Waals surface area contributed by atoms with Gasteiger partial charge in [-0.3, -0.25) is 0 Å². The van der Waals surface area contributed by atoms with Crippen molar-refractivity contribution in [1.29, 1.82) is 0 Å². The van der Waals surface area contributed by atoms with Gasteiger partial charge in [-0.15, -0.1) is 0 Å². The van der Waals surface area contributed by atoms with Crippen molar-refractivity contribution in [2.75, 3.05) is 0 Å². The molecule has 3 heteroatoms. The number of hydrogen-bond donors (Lipinski definition) is 1. The molecular weight excluding hydrogens is 186 g/mol. The molecule has 0 fully saturated rings. The molecule has 1 N–H and O–H groups in total. The van der Waals surface area contributed by atoms with Crippen molar-refractivity contribution >= 4 is 5.78 Å². The Labute approximate surface area is 87.0 Å². The maximum Gasteiger partial charge on any atom is 0.401 e. The largest absolute Gasteiger partial charge is 0.401 e. The van der Waals surface area contributed by atoms with Crippen LogP contribution in [0.4, 0.5) is 0 Å². The van der Waals surface area contributed by atoms with Crippen molar-refractivity contribution in [1.82, 2.24) is 9.97 Å². The summed E-state index contributed by atoms with van der Waals surface area (Å²) in [5.74, 6) is 0.858. The summed E-state index contributed by atoms with van der Waals surface area (Å²) in [7, 11) is 0. The second-order valence-electron chi connectivity index (χ2n) is 3.38. The first-order valence-corrected chi connectivity index (χ1v) is 4.84. The second kappa shape index (κ2) is 3.20. The number of fused-ring (bicyclic) bond motifs is 1. The van der Waals surface area contributed by atoms with Gasteiger partial charge in [0.05, 0.1) is 6.20 Å². The molecule has 0 aliphatic heterocycles. The van der Waals surface area contributed by atoms with Crippen LogP contribution in [0.2, 0.25) is 0 Å². The third-order valence-corrected chi connectivity index (χ3v) is 2.37. The van der Waals surface area contributed by atoms with Gasteiger partial charge in [-0.05, 0) is 0 Å². The average molecular weight is 196 g/mol. The van der Waals surface area contributed by atoms with E-state index in [0.29, 0.717) is 0 Å². The van der Waals surface area contributed by atoms with E-state index in [1.165, 1.54) is 5.56 Å². The maximum atomic E-state index is 4.23. The van der Waals surface area contributed by atoms with Crippen LogP contribution in [-0.4, -0.2) is 9.97 Å². The van der Waals surface area contributed by atoms with Crippen molar-refractivity contribution in [3.8, 4) is 11.3 Å². The van der Waals surface area contributed by atoms with Gasteiger partial charge in [0.15, 0.2) is 0 Å². The zero-order valence-corrected chi connectivity index (χ0v) is 8.09. The Hall–Kier alpha value is -2.16. The van der Waals surface area contributed by atoms with Crippen molar-refractivity contribution in [3.63, 3.8) is 0 Å². The molecule has 0 aliphatic carbocycles. The Balaban J connectivity index is 2.21. The van der Waals surface area contributed by atoms with Crippen LogP contribution >= 0.6 is 0 Å². The molecule has 0 aliphatic rings. The van der Waals surface area contributed by atoms with E-state index in [4.69, 9.17) is 0 Å². The van der Waals surface area contributed by atoms with Gasteiger partial charge >= 0.3 is 5.78 Å². The lowest BCUT2D eigenvalue weighted by Gasteiger charge is -1.90. The first-order valence-electron chi connectivity index (χ1n) is 4.84. The maximum absolute atomic E-state index is 4.23. The molecule has 0 amide bonds. The molecule has 1 aromatic carbocycles. The molecule has 3 aromatic rings. The molecule has 3 nitrogen and oxygen atoms in total. The Morgan fingerprint density at radius 3 is 2.73 bits per heavy atom. The number of aromatic nitrogens is 3. The van der Waals surface area contributed by atoms with Crippen LogP contribution in [0.15, 0.2) is 55.0 Å². The fourth-order valence-corrected chi connectivity index (χ4v) is 1.64. The zero-order chi connectivity index (χ0) is 10.1. The predicted molar refractivity (Wildman–Crippen MR) is 57.2 cm³/mol. The normalized spacial score (nSPS) is 10.7. The number of hydrogen-bond acceptors (Lipinski definition) is 1. The Morgan fingerprint density at radius 2 is 1.93 bits per heavy atom. The highest BCUT2D eigenvalue weighted by atomic mass is 15.1. The summed E-state index contributed by atoms with van der Waals surface area (Å²) in [5.41, 5.74) is 2.25. The molecule has 72 valence electrons. The van der Waals surface area contributed by atoms with Crippen LogP contribution in [0, 0.1) is 0 Å². The van der Waals surface area contributed by atoms with E-state index in [0.717, 1.165) is 11.5 Å². The number of imidazole rings is 1. The van der Waals surface area contributed by atoms with Crippen LogP contribution in [0.3, 0.4) is 0 Å². The van der Waals surface area contributed by atoms with Crippen LogP contribution in [0.5, 0.6) is 0 Å². The third kappa shape index (κ3) is 1.38. The lowest BCUT2D eigenvalue weighted by molar-refractivity contribution is -0.512. The molecule has 0 bridgehead atoms. The van der Waals surface area contributed by atoms with Gasteiger partial charge in [-0.25, -0.2) is 9.38 Å². The molecule has 2 heterocycles. The van der Waals surface area contributed by atoms with Crippen LogP contribution in [0.1, 0.15) is 0 Å². The van der Waals surface area contributed by atoms with Crippen molar-refractivity contribution in [2.24, 2.45) is 0 Å². The summed E-state index contributed by atoms with van der Waals surface area (Å²) in [6.07, 6.45) is 5.80. The fourth-order valence-electron chi connectivity index (χ4n) is 1.64. The second-order valence-corrected chi connectivity index (χ2v) is 3.38. The first kappa shape index (κ1) is 8.17. The smallest absolute Gasteiger partial charge is 0.238 e. The lowest BCUT2D eigenvalue weighted by Crippen LogP contribution is -2.17. The minimum absolute atomic E-state index is 0.858. The molecule has 3 rings (SSSR count). The monoisotopic (exact) mass is 196 g/mol. The summed E-state index contributed by atoms with van der Waals surface area (Å²) in [6, 6.07) is 12.1. The molecule has 15 heavy (non-hydrogen) atoms. The number of H-pyrrole nitrogens is 1. The van der Waals surface area contributed by atoms with Crippen molar-refractivity contribution in [2.45, 2.75) is 0 Å². The number of benzene rings is 1. The molecule has 0 unspecified atom stereocenters. The molecular formula is C12H10N3+. The van der Waals surface area contributed by atoms with E-state index in [2.05, 4.69) is 22.1 Å². The molecule has 0 radical (unpaired) electrons. The summed E-state index contributed by atoms with van der Waals surface area (Å²) < 4.78 is 1.97. The summed E-state index contributed by atoms with van der Waals surface area (Å²) in [4.78, 5) is 7.50. The number of nitrogens with one attached hydrogen (secondary N) is 1. The van der Waals surface area contributed by atoms with Gasteiger partial charge < -0.3 is 0 Å². The average Bonchev–Trinajstić information content (AvgIpc) is 2.74. The predicted octanol–water partition coefficient (Wildman–Crippen LogP) is 1.82. The van der Waals surface area contributed by atoms with Gasteiger partial charge in [0.1, 0.15) is 18.1 Å². The molecule has 0 atom stereocenters. The van der Waals surface area contributed by atoms with E-state index < -0.39 is 0 Å². The fraction of sp³-hybridized carbons (Fsp3) is 0. The van der Waals surface area contributed by atoms with Gasteiger partial charge in [0, 0.05) is 11.6 Å². The summed E-state index contributed by atoms with van der Waals surface area (Å²) >= 11 is 0. The van der Waals surface area contributed by atoms with Crippen molar-refractivity contribution in [3.05, 3.63) is 55.0 Å². The van der Waals surface area contributed by atoms with Gasteiger partial charge in [-0.1, -0.05) is 35.3 Å². The number of nitrogens with zero attached hydrogens (tertiary/aromatic N) is 2. The van der Waals surface area contributed by atoms with Crippen molar-refractivity contribution < 1.29 is 4.40 Å². The highest BCUT2D eigenvalue weighted by Crippen LogP contribution is 2.14. The van der Waals surface area contributed by atoms with Gasteiger partial charge in [0.25, 0.3) is 0 Å². The Morgan fingerprint density at radius 1 is 1.07 bits per heavy atom. The zero-order valence-electron chi connectivity index (χ0n) is 8.09. The third-order valence-electron chi connectivity index (χ3n) is 2.37. The highest BCUT2D eigenvalue weighted by Gasteiger charge is 2.08. The Bertz CT molecular complexity index is 551. The van der Waals surface area contributed by atoms with E-state index in [-0.39, 0.29) is 0 Å². The van der Waals surface area contributed by atoms with Gasteiger partial charge in [0.2, 0.25) is 0 Å². The molecule has 2 aromatic heterocycles.